The molecule has 0 aliphatic carbocycles. The predicted octanol–water partition coefficient (Wildman–Crippen LogP) is 1.56. The van der Waals surface area contributed by atoms with E-state index < -0.39 is 18.0 Å². The zero-order chi connectivity index (χ0) is 14.7. The standard InChI is InChI=1S/C13H14N2O4S/c1-20-7-6-10-11(16)15(13(19)14-10)9-4-2-8(3-5-9)12(17)18/h2-5,10H,6-7H2,1H3,(H,14,19)(H,17,18). The summed E-state index contributed by atoms with van der Waals surface area (Å²) in [5, 5.41) is 11.5. The molecule has 1 heterocycles. The molecule has 1 aromatic rings. The van der Waals surface area contributed by atoms with Crippen molar-refractivity contribution in [3.05, 3.63) is 29.8 Å². The lowest BCUT2D eigenvalue weighted by Gasteiger charge is -2.13. The Hall–Kier alpha value is -2.02. The smallest absolute Gasteiger partial charge is 0.335 e. The molecule has 1 fully saturated rings. The molecule has 0 spiro atoms. The zero-order valence-corrected chi connectivity index (χ0v) is 11.6. The number of urea groups is 1. The quantitative estimate of drug-likeness (QED) is 0.805. The summed E-state index contributed by atoms with van der Waals surface area (Å²) in [4.78, 5) is 35.8. The van der Waals surface area contributed by atoms with Crippen molar-refractivity contribution in [2.45, 2.75) is 12.5 Å². The molecule has 1 aromatic carbocycles. The third kappa shape index (κ3) is 2.77. The Balaban J connectivity index is 2.17. The number of carbonyl (C=O) groups is 3. The first-order chi connectivity index (χ1) is 9.54. The Morgan fingerprint density at radius 1 is 1.35 bits per heavy atom. The van der Waals surface area contributed by atoms with Gasteiger partial charge in [-0.2, -0.15) is 11.8 Å². The minimum Gasteiger partial charge on any atom is -0.478 e. The summed E-state index contributed by atoms with van der Waals surface area (Å²) in [6.45, 7) is 0. The molecule has 106 valence electrons. The van der Waals surface area contributed by atoms with Gasteiger partial charge in [0.05, 0.1) is 11.3 Å². The summed E-state index contributed by atoms with van der Waals surface area (Å²) in [5.74, 6) is -0.568. The minimum atomic E-state index is -1.05. The van der Waals surface area contributed by atoms with Crippen molar-refractivity contribution < 1.29 is 19.5 Å². The number of hydrogen-bond donors (Lipinski definition) is 2. The Labute approximate surface area is 120 Å². The van der Waals surface area contributed by atoms with Crippen LogP contribution in [0.3, 0.4) is 0 Å². The third-order valence-electron chi connectivity index (χ3n) is 3.00. The van der Waals surface area contributed by atoms with Crippen molar-refractivity contribution in [1.82, 2.24) is 5.32 Å². The Morgan fingerprint density at radius 3 is 2.55 bits per heavy atom. The first-order valence-corrected chi connectivity index (χ1v) is 7.40. The van der Waals surface area contributed by atoms with Gasteiger partial charge >= 0.3 is 12.0 Å². The van der Waals surface area contributed by atoms with Crippen molar-refractivity contribution in [3.8, 4) is 0 Å². The fraction of sp³-hybridized carbons (Fsp3) is 0.308. The molecule has 6 nitrogen and oxygen atoms in total. The lowest BCUT2D eigenvalue weighted by Crippen LogP contribution is -2.31. The van der Waals surface area contributed by atoms with Gasteiger partial charge in [0.1, 0.15) is 6.04 Å². The molecule has 1 aliphatic heterocycles. The molecular formula is C13H14N2O4S. The van der Waals surface area contributed by atoms with Gasteiger partial charge in [-0.05, 0) is 42.7 Å². The molecule has 0 radical (unpaired) electrons. The number of carbonyl (C=O) groups excluding carboxylic acids is 2. The van der Waals surface area contributed by atoms with Crippen LogP contribution in [0.25, 0.3) is 0 Å². The highest BCUT2D eigenvalue weighted by Gasteiger charge is 2.38. The summed E-state index contributed by atoms with van der Waals surface area (Å²) in [7, 11) is 0. The van der Waals surface area contributed by atoms with Gasteiger partial charge in [0, 0.05) is 0 Å². The third-order valence-corrected chi connectivity index (χ3v) is 3.65. The molecule has 1 saturated heterocycles. The summed E-state index contributed by atoms with van der Waals surface area (Å²) in [6, 6.07) is 4.68. The van der Waals surface area contributed by atoms with Crippen molar-refractivity contribution in [3.63, 3.8) is 0 Å². The molecule has 1 unspecified atom stereocenters. The van der Waals surface area contributed by atoms with Crippen molar-refractivity contribution in [1.29, 1.82) is 0 Å². The first kappa shape index (κ1) is 14.4. The average molecular weight is 294 g/mol. The maximum Gasteiger partial charge on any atom is 0.335 e. The lowest BCUT2D eigenvalue weighted by atomic mass is 10.2. The maximum absolute atomic E-state index is 12.2. The second-order valence-electron chi connectivity index (χ2n) is 4.31. The normalized spacial score (nSPS) is 18.2. The Kier molecular flexibility index (Phi) is 4.29. The first-order valence-electron chi connectivity index (χ1n) is 6.01. The summed E-state index contributed by atoms with van der Waals surface area (Å²) >= 11 is 1.61. The van der Waals surface area contributed by atoms with E-state index in [4.69, 9.17) is 5.11 Å². The Morgan fingerprint density at radius 2 is 2.00 bits per heavy atom. The predicted molar refractivity (Wildman–Crippen MR) is 76.2 cm³/mol. The lowest BCUT2D eigenvalue weighted by molar-refractivity contribution is -0.118. The van der Waals surface area contributed by atoms with Crippen LogP contribution < -0.4 is 10.2 Å². The van der Waals surface area contributed by atoms with Gasteiger partial charge in [-0.3, -0.25) is 4.79 Å². The summed E-state index contributed by atoms with van der Waals surface area (Å²) in [5.41, 5.74) is 0.490. The highest BCUT2D eigenvalue weighted by atomic mass is 32.2. The molecule has 0 bridgehead atoms. The molecule has 7 heteroatoms. The molecule has 1 atom stereocenters. The van der Waals surface area contributed by atoms with Crippen LogP contribution in [0.5, 0.6) is 0 Å². The molecule has 20 heavy (non-hydrogen) atoms. The van der Waals surface area contributed by atoms with E-state index in [-0.39, 0.29) is 11.5 Å². The fourth-order valence-corrected chi connectivity index (χ4v) is 2.43. The molecule has 1 aliphatic rings. The van der Waals surface area contributed by atoms with E-state index in [9.17, 15) is 14.4 Å². The Bertz CT molecular complexity index is 544. The number of carboxylic acid groups (broad SMARTS) is 1. The van der Waals surface area contributed by atoms with Crippen LogP contribution >= 0.6 is 11.8 Å². The number of aromatic carboxylic acids is 1. The number of benzene rings is 1. The minimum absolute atomic E-state index is 0.111. The van der Waals surface area contributed by atoms with Gasteiger partial charge in [0.15, 0.2) is 0 Å². The van der Waals surface area contributed by atoms with Crippen molar-refractivity contribution >= 4 is 35.4 Å². The monoisotopic (exact) mass is 294 g/mol. The number of carboxylic acids is 1. The van der Waals surface area contributed by atoms with Gasteiger partial charge in [-0.25, -0.2) is 14.5 Å². The largest absolute Gasteiger partial charge is 0.478 e. The number of nitrogens with one attached hydrogen (secondary N) is 1. The van der Waals surface area contributed by atoms with E-state index in [1.54, 1.807) is 11.8 Å². The van der Waals surface area contributed by atoms with Crippen LogP contribution in [0.2, 0.25) is 0 Å². The topological polar surface area (TPSA) is 86.7 Å². The van der Waals surface area contributed by atoms with Gasteiger partial charge in [-0.15, -0.1) is 0 Å². The SMILES string of the molecule is CSCCC1NC(=O)N(c2ccc(C(=O)O)cc2)C1=O. The highest BCUT2D eigenvalue weighted by Crippen LogP contribution is 2.21. The fourth-order valence-electron chi connectivity index (χ4n) is 1.96. The van der Waals surface area contributed by atoms with E-state index in [1.165, 1.54) is 24.3 Å². The number of thioether (sulfide) groups is 1. The molecule has 3 amide bonds. The van der Waals surface area contributed by atoms with Crippen LogP contribution in [0.4, 0.5) is 10.5 Å². The second kappa shape index (κ2) is 5.96. The van der Waals surface area contributed by atoms with Crippen LogP contribution in [0.1, 0.15) is 16.8 Å². The van der Waals surface area contributed by atoms with Gasteiger partial charge in [-0.1, -0.05) is 0 Å². The highest BCUT2D eigenvalue weighted by molar-refractivity contribution is 7.98. The van der Waals surface area contributed by atoms with Crippen molar-refractivity contribution in [2.24, 2.45) is 0 Å². The van der Waals surface area contributed by atoms with E-state index >= 15 is 0 Å². The van der Waals surface area contributed by atoms with E-state index in [2.05, 4.69) is 5.32 Å². The molecule has 0 aromatic heterocycles. The van der Waals surface area contributed by atoms with Gasteiger partial charge < -0.3 is 10.4 Å². The van der Waals surface area contributed by atoms with Gasteiger partial charge in [0.2, 0.25) is 0 Å². The summed E-state index contributed by atoms with van der Waals surface area (Å²) < 4.78 is 0. The zero-order valence-electron chi connectivity index (χ0n) is 10.8. The average Bonchev–Trinajstić information content (AvgIpc) is 2.71. The summed E-state index contributed by atoms with van der Waals surface area (Å²) in [6.07, 6.45) is 2.51. The van der Waals surface area contributed by atoms with E-state index in [0.29, 0.717) is 12.1 Å². The molecule has 0 saturated carbocycles. The van der Waals surface area contributed by atoms with Crippen LogP contribution in [-0.2, 0) is 4.79 Å². The number of amides is 3. The number of rotatable bonds is 5. The van der Waals surface area contributed by atoms with E-state index in [1.807, 2.05) is 6.26 Å². The van der Waals surface area contributed by atoms with Crippen LogP contribution in [0.15, 0.2) is 24.3 Å². The second-order valence-corrected chi connectivity index (χ2v) is 5.29. The number of imide groups is 1. The number of hydrogen-bond acceptors (Lipinski definition) is 4. The van der Waals surface area contributed by atoms with Gasteiger partial charge in [0.25, 0.3) is 5.91 Å². The van der Waals surface area contributed by atoms with Crippen LogP contribution in [-0.4, -0.2) is 41.1 Å². The van der Waals surface area contributed by atoms with Crippen LogP contribution in [0, 0.1) is 0 Å². The number of anilines is 1. The van der Waals surface area contributed by atoms with E-state index in [0.717, 1.165) is 10.7 Å². The number of nitrogens with zero attached hydrogens (tertiary/aromatic N) is 1. The molecule has 2 rings (SSSR count). The molecular weight excluding hydrogens is 280 g/mol. The molecule has 2 N–H and O–H groups in total. The maximum atomic E-state index is 12.2. The van der Waals surface area contributed by atoms with Crippen molar-refractivity contribution in [2.75, 3.05) is 16.9 Å².